The predicted octanol–water partition coefficient (Wildman–Crippen LogP) is 2.16. The van der Waals surface area contributed by atoms with Crippen molar-refractivity contribution in [3.63, 3.8) is 0 Å². The van der Waals surface area contributed by atoms with E-state index in [0.29, 0.717) is 6.17 Å². The van der Waals surface area contributed by atoms with E-state index >= 15 is 0 Å². The van der Waals surface area contributed by atoms with Gasteiger partial charge in [-0.15, -0.1) is 0 Å². The van der Waals surface area contributed by atoms with E-state index in [1.54, 1.807) is 0 Å². The third-order valence-electron chi connectivity index (χ3n) is 2.65. The van der Waals surface area contributed by atoms with Gasteiger partial charge in [-0.05, 0) is 25.9 Å². The van der Waals surface area contributed by atoms with Crippen LogP contribution < -0.4 is 5.32 Å². The van der Waals surface area contributed by atoms with Gasteiger partial charge in [0.2, 0.25) is 0 Å². The zero-order valence-electron chi connectivity index (χ0n) is 9.59. The molecule has 0 bridgehead atoms. The maximum atomic E-state index is 3.62. The lowest BCUT2D eigenvalue weighted by Crippen LogP contribution is -2.51. The van der Waals surface area contributed by atoms with Crippen molar-refractivity contribution in [2.45, 2.75) is 39.3 Å². The molecule has 3 heteroatoms. The molecule has 1 unspecified atom stereocenters. The summed E-state index contributed by atoms with van der Waals surface area (Å²) in [5, 5.41) is 3.62. The Labute approximate surface area is 92.8 Å². The van der Waals surface area contributed by atoms with Crippen LogP contribution in [0.3, 0.4) is 0 Å². The van der Waals surface area contributed by atoms with Crippen LogP contribution in [0.5, 0.6) is 0 Å². The molecule has 1 atom stereocenters. The van der Waals surface area contributed by atoms with Crippen LogP contribution in [0.25, 0.3) is 0 Å². The number of hydrogen-bond donors (Lipinski definition) is 1. The molecule has 0 aromatic carbocycles. The van der Waals surface area contributed by atoms with E-state index in [0.717, 1.165) is 0 Å². The summed E-state index contributed by atoms with van der Waals surface area (Å²) in [5.74, 6) is 2.55. The quantitative estimate of drug-likeness (QED) is 0.732. The lowest BCUT2D eigenvalue weighted by atomic mass is 10.2. The third kappa shape index (κ3) is 4.20. The first kappa shape index (κ1) is 12.3. The van der Waals surface area contributed by atoms with Crippen LogP contribution in [0, 0.1) is 0 Å². The summed E-state index contributed by atoms with van der Waals surface area (Å²) in [6.45, 7) is 8.24. The van der Waals surface area contributed by atoms with E-state index < -0.39 is 0 Å². The number of rotatable bonds is 6. The molecule has 1 saturated heterocycles. The van der Waals surface area contributed by atoms with Crippen LogP contribution in [0.15, 0.2) is 0 Å². The molecule has 0 spiro atoms. The highest BCUT2D eigenvalue weighted by atomic mass is 32.2. The molecule has 1 aliphatic heterocycles. The molecule has 0 saturated carbocycles. The van der Waals surface area contributed by atoms with Gasteiger partial charge in [0.1, 0.15) is 0 Å². The summed E-state index contributed by atoms with van der Waals surface area (Å²) in [6, 6.07) is 0. The third-order valence-corrected chi connectivity index (χ3v) is 3.70. The fraction of sp³-hybridized carbons (Fsp3) is 1.00. The second kappa shape index (κ2) is 7.55. The number of thioether (sulfide) groups is 1. The first-order valence-corrected chi connectivity index (χ1v) is 7.09. The normalized spacial score (nSPS) is 22.9. The molecule has 0 aromatic heterocycles. The number of hydrogen-bond acceptors (Lipinski definition) is 3. The molecule has 2 nitrogen and oxygen atoms in total. The summed E-state index contributed by atoms with van der Waals surface area (Å²) in [6.07, 6.45) is 4.55. The van der Waals surface area contributed by atoms with Gasteiger partial charge < -0.3 is 5.32 Å². The van der Waals surface area contributed by atoms with Crippen LogP contribution in [-0.4, -0.2) is 42.2 Å². The predicted molar refractivity (Wildman–Crippen MR) is 65.9 cm³/mol. The highest BCUT2D eigenvalue weighted by Gasteiger charge is 2.19. The van der Waals surface area contributed by atoms with Crippen LogP contribution >= 0.6 is 11.8 Å². The molecule has 0 amide bonds. The summed E-state index contributed by atoms with van der Waals surface area (Å²) >= 11 is 2.09. The number of unbranched alkanes of at least 4 members (excludes halogenated alkanes) is 1. The monoisotopic (exact) mass is 216 g/mol. The average molecular weight is 216 g/mol. The first-order chi connectivity index (χ1) is 6.88. The second-order valence-corrected chi connectivity index (χ2v) is 5.08. The summed E-state index contributed by atoms with van der Waals surface area (Å²) < 4.78 is 0. The maximum absolute atomic E-state index is 3.62. The van der Waals surface area contributed by atoms with E-state index in [1.165, 1.54) is 50.4 Å². The number of nitrogens with zero attached hydrogens (tertiary/aromatic N) is 1. The Kier molecular flexibility index (Phi) is 6.65. The highest BCUT2D eigenvalue weighted by molar-refractivity contribution is 7.99. The largest absolute Gasteiger partial charge is 0.300 e. The lowest BCUT2D eigenvalue weighted by molar-refractivity contribution is 0.179. The van der Waals surface area contributed by atoms with E-state index in [-0.39, 0.29) is 0 Å². The molecule has 14 heavy (non-hydrogen) atoms. The molecular formula is C11H24N2S. The van der Waals surface area contributed by atoms with Crippen molar-refractivity contribution in [1.29, 1.82) is 0 Å². The van der Waals surface area contributed by atoms with Gasteiger partial charge in [0.25, 0.3) is 0 Å². The molecule has 1 heterocycles. The minimum absolute atomic E-state index is 0.639. The Morgan fingerprint density at radius 3 is 2.71 bits per heavy atom. The summed E-state index contributed by atoms with van der Waals surface area (Å²) in [4.78, 5) is 2.62. The Morgan fingerprint density at radius 2 is 2.14 bits per heavy atom. The van der Waals surface area contributed by atoms with Gasteiger partial charge in [0, 0.05) is 18.1 Å². The molecule has 0 aromatic rings. The lowest BCUT2D eigenvalue weighted by Gasteiger charge is -2.34. The van der Waals surface area contributed by atoms with Gasteiger partial charge in [-0.1, -0.05) is 20.3 Å². The Hall–Kier alpha value is 0.270. The van der Waals surface area contributed by atoms with Crippen molar-refractivity contribution in [1.82, 2.24) is 10.2 Å². The van der Waals surface area contributed by atoms with Crippen molar-refractivity contribution < 1.29 is 0 Å². The zero-order valence-corrected chi connectivity index (χ0v) is 10.4. The van der Waals surface area contributed by atoms with Crippen LogP contribution in [0.1, 0.15) is 33.1 Å². The molecule has 0 aliphatic carbocycles. The molecule has 1 fully saturated rings. The Bertz CT molecular complexity index is 135. The van der Waals surface area contributed by atoms with E-state index in [2.05, 4.69) is 35.8 Å². The van der Waals surface area contributed by atoms with Crippen molar-refractivity contribution in [3.8, 4) is 0 Å². The van der Waals surface area contributed by atoms with Gasteiger partial charge in [0.15, 0.2) is 0 Å². The molecule has 1 N–H and O–H groups in total. The number of nitrogens with one attached hydrogen (secondary N) is 1. The standard InChI is InChI=1S/C11H24N2S/c1-3-5-8-13(7-4-2)11-10-14-9-6-12-11/h11-12H,3-10H2,1-2H3. The topological polar surface area (TPSA) is 15.3 Å². The van der Waals surface area contributed by atoms with Crippen LogP contribution in [0.2, 0.25) is 0 Å². The fourth-order valence-electron chi connectivity index (χ4n) is 1.86. The van der Waals surface area contributed by atoms with E-state index in [9.17, 15) is 0 Å². The zero-order chi connectivity index (χ0) is 10.2. The SMILES string of the molecule is CCCCN(CCC)C1CSCCN1. The van der Waals surface area contributed by atoms with Crippen molar-refractivity contribution in [2.75, 3.05) is 31.1 Å². The van der Waals surface area contributed by atoms with Crippen molar-refractivity contribution in [3.05, 3.63) is 0 Å². The minimum Gasteiger partial charge on any atom is -0.300 e. The smallest absolute Gasteiger partial charge is 0.0690 e. The van der Waals surface area contributed by atoms with Gasteiger partial charge in [-0.3, -0.25) is 4.90 Å². The average Bonchev–Trinajstić information content (AvgIpc) is 2.25. The maximum Gasteiger partial charge on any atom is 0.0690 e. The first-order valence-electron chi connectivity index (χ1n) is 5.93. The van der Waals surface area contributed by atoms with Crippen LogP contribution in [0.4, 0.5) is 0 Å². The van der Waals surface area contributed by atoms with Crippen molar-refractivity contribution >= 4 is 11.8 Å². The Morgan fingerprint density at radius 1 is 1.29 bits per heavy atom. The molecule has 1 aliphatic rings. The molecule has 1 rings (SSSR count). The van der Waals surface area contributed by atoms with Crippen LogP contribution in [-0.2, 0) is 0 Å². The minimum atomic E-state index is 0.639. The van der Waals surface area contributed by atoms with Gasteiger partial charge in [0.05, 0.1) is 6.17 Å². The highest BCUT2D eigenvalue weighted by Crippen LogP contribution is 2.12. The molecular weight excluding hydrogens is 192 g/mol. The van der Waals surface area contributed by atoms with E-state index in [1.807, 2.05) is 0 Å². The van der Waals surface area contributed by atoms with Gasteiger partial charge in [-0.25, -0.2) is 0 Å². The summed E-state index contributed by atoms with van der Waals surface area (Å²) in [5.41, 5.74) is 0. The van der Waals surface area contributed by atoms with E-state index in [4.69, 9.17) is 0 Å². The fourth-order valence-corrected chi connectivity index (χ4v) is 2.84. The molecule has 84 valence electrons. The van der Waals surface area contributed by atoms with Gasteiger partial charge >= 0.3 is 0 Å². The Balaban J connectivity index is 2.30. The molecule has 0 radical (unpaired) electrons. The van der Waals surface area contributed by atoms with Gasteiger partial charge in [-0.2, -0.15) is 11.8 Å². The summed E-state index contributed by atoms with van der Waals surface area (Å²) in [7, 11) is 0. The second-order valence-electron chi connectivity index (χ2n) is 3.93. The van der Waals surface area contributed by atoms with Crippen molar-refractivity contribution in [2.24, 2.45) is 0 Å².